The average molecular weight is 296 g/mol. The normalized spacial score (nSPS) is 15.3. The van der Waals surface area contributed by atoms with Crippen molar-refractivity contribution >= 4 is 27.6 Å². The molecule has 7 nitrogen and oxygen atoms in total. The molecule has 0 aliphatic carbocycles. The Balaban J connectivity index is 3.22. The Kier molecular flexibility index (Phi) is 4.04. The highest BCUT2D eigenvalue weighted by Gasteiger charge is 2.38. The van der Waals surface area contributed by atoms with Crippen molar-refractivity contribution in [2.24, 2.45) is 7.05 Å². The van der Waals surface area contributed by atoms with Crippen LogP contribution in [-0.2, 0) is 21.9 Å². The van der Waals surface area contributed by atoms with E-state index < -0.39 is 21.5 Å². The predicted octanol–water partition coefficient (Wildman–Crippen LogP) is 0.605. The monoisotopic (exact) mass is 295 g/mol. The van der Waals surface area contributed by atoms with E-state index in [1.807, 2.05) is 0 Å². The summed E-state index contributed by atoms with van der Waals surface area (Å²) in [5.74, 6) is -1.26. The Bertz CT molecular complexity index is 549. The molecule has 1 aromatic heterocycles. The highest BCUT2D eigenvalue weighted by Crippen LogP contribution is 2.22. The molecule has 1 aromatic rings. The maximum Gasteiger partial charge on any atom is 0.324 e. The lowest BCUT2D eigenvalue weighted by Crippen LogP contribution is -2.51. The summed E-state index contributed by atoms with van der Waals surface area (Å²) in [5.41, 5.74) is -1.59. The van der Waals surface area contributed by atoms with Crippen molar-refractivity contribution in [3.05, 3.63) is 11.2 Å². The molecule has 0 aliphatic heterocycles. The van der Waals surface area contributed by atoms with E-state index >= 15 is 0 Å². The lowest BCUT2D eigenvalue weighted by Gasteiger charge is -2.24. The van der Waals surface area contributed by atoms with E-state index in [1.54, 1.807) is 6.92 Å². The van der Waals surface area contributed by atoms with Crippen LogP contribution in [0.1, 0.15) is 20.3 Å². The topological polar surface area (TPSA) is 101 Å². The second kappa shape index (κ2) is 4.87. The summed E-state index contributed by atoms with van der Waals surface area (Å²) in [6.07, 6.45) is 1.28. The molecule has 1 unspecified atom stereocenters. The minimum atomic E-state index is -4.06. The number of hydrogen-bond acceptors (Lipinski definition) is 4. The van der Waals surface area contributed by atoms with Crippen molar-refractivity contribution in [2.45, 2.75) is 30.8 Å². The second-order valence-electron chi connectivity index (χ2n) is 4.02. The number of carbonyl (C=O) groups is 1. The third kappa shape index (κ3) is 2.65. The molecular weight excluding hydrogens is 282 g/mol. The molecule has 1 atom stereocenters. The van der Waals surface area contributed by atoms with Gasteiger partial charge in [0.15, 0.2) is 5.03 Å². The number of carboxylic acids is 1. The molecule has 0 aromatic carbocycles. The summed E-state index contributed by atoms with van der Waals surface area (Å²) in [6, 6.07) is 0. The number of nitrogens with one attached hydrogen (secondary N) is 1. The van der Waals surface area contributed by atoms with Gasteiger partial charge >= 0.3 is 5.97 Å². The lowest BCUT2D eigenvalue weighted by molar-refractivity contribution is -0.143. The zero-order valence-electron chi connectivity index (χ0n) is 10.1. The summed E-state index contributed by atoms with van der Waals surface area (Å²) in [7, 11) is -2.65. The van der Waals surface area contributed by atoms with E-state index in [9.17, 15) is 13.2 Å². The SMILES string of the molecule is CCC(C)(NS(=O)(=O)c1c(Cl)cnn1C)C(=O)O. The number of sulfonamides is 1. The van der Waals surface area contributed by atoms with Crippen molar-refractivity contribution in [3.63, 3.8) is 0 Å². The average Bonchev–Trinajstić information content (AvgIpc) is 2.57. The van der Waals surface area contributed by atoms with Crippen LogP contribution in [0.25, 0.3) is 0 Å². The standard InChI is InChI=1S/C9H14ClN3O4S/c1-4-9(2,8(14)15)12-18(16,17)7-6(10)5-11-13(7)3/h5,12H,4H2,1-3H3,(H,14,15). The van der Waals surface area contributed by atoms with Crippen molar-refractivity contribution < 1.29 is 18.3 Å². The van der Waals surface area contributed by atoms with Gasteiger partial charge in [0.2, 0.25) is 0 Å². The molecule has 0 amide bonds. The van der Waals surface area contributed by atoms with Gasteiger partial charge in [-0.1, -0.05) is 18.5 Å². The van der Waals surface area contributed by atoms with Gasteiger partial charge in [-0.15, -0.1) is 0 Å². The molecule has 18 heavy (non-hydrogen) atoms. The van der Waals surface area contributed by atoms with Crippen LogP contribution in [0.2, 0.25) is 5.02 Å². The van der Waals surface area contributed by atoms with Crippen LogP contribution in [0, 0.1) is 0 Å². The first-order chi connectivity index (χ1) is 8.14. The largest absolute Gasteiger partial charge is 0.480 e. The third-order valence-corrected chi connectivity index (χ3v) is 4.74. The first-order valence-corrected chi connectivity index (χ1v) is 6.95. The summed E-state index contributed by atoms with van der Waals surface area (Å²) in [5, 5.41) is 12.4. The maximum absolute atomic E-state index is 12.1. The van der Waals surface area contributed by atoms with Crippen molar-refractivity contribution in [1.29, 1.82) is 0 Å². The van der Waals surface area contributed by atoms with Crippen molar-refractivity contribution in [1.82, 2.24) is 14.5 Å². The van der Waals surface area contributed by atoms with Crippen LogP contribution < -0.4 is 4.72 Å². The second-order valence-corrected chi connectivity index (χ2v) is 6.02. The van der Waals surface area contributed by atoms with Crippen molar-refractivity contribution in [2.75, 3.05) is 0 Å². The van der Waals surface area contributed by atoms with E-state index in [0.29, 0.717) is 0 Å². The number of nitrogens with zero attached hydrogens (tertiary/aromatic N) is 2. The molecule has 2 N–H and O–H groups in total. The maximum atomic E-state index is 12.1. The molecule has 0 radical (unpaired) electrons. The van der Waals surface area contributed by atoms with Crippen LogP contribution in [0.3, 0.4) is 0 Å². The lowest BCUT2D eigenvalue weighted by atomic mass is 10.0. The number of rotatable bonds is 5. The van der Waals surface area contributed by atoms with E-state index in [0.717, 1.165) is 4.68 Å². The van der Waals surface area contributed by atoms with Gasteiger partial charge in [0.05, 0.1) is 11.2 Å². The van der Waals surface area contributed by atoms with E-state index in [4.69, 9.17) is 16.7 Å². The fourth-order valence-corrected chi connectivity index (χ4v) is 3.41. The molecular formula is C9H14ClN3O4S. The van der Waals surface area contributed by atoms with E-state index in [2.05, 4.69) is 9.82 Å². The van der Waals surface area contributed by atoms with Gasteiger partial charge in [-0.2, -0.15) is 9.82 Å². The fraction of sp³-hybridized carbons (Fsp3) is 0.556. The Labute approximate surface area is 110 Å². The van der Waals surface area contributed by atoms with E-state index in [-0.39, 0.29) is 16.5 Å². The third-order valence-electron chi connectivity index (χ3n) is 2.64. The van der Waals surface area contributed by atoms with Crippen LogP contribution >= 0.6 is 11.6 Å². The van der Waals surface area contributed by atoms with Gasteiger partial charge in [-0.3, -0.25) is 9.48 Å². The Morgan fingerprint density at radius 3 is 2.56 bits per heavy atom. The predicted molar refractivity (Wildman–Crippen MR) is 64.9 cm³/mol. The molecule has 9 heteroatoms. The van der Waals surface area contributed by atoms with Gasteiger partial charge in [0.1, 0.15) is 5.54 Å². The van der Waals surface area contributed by atoms with Crippen LogP contribution in [0.5, 0.6) is 0 Å². The Morgan fingerprint density at radius 1 is 1.67 bits per heavy atom. The van der Waals surface area contributed by atoms with Gasteiger partial charge in [-0.25, -0.2) is 8.42 Å². The van der Waals surface area contributed by atoms with Crippen LogP contribution in [0.15, 0.2) is 11.2 Å². The van der Waals surface area contributed by atoms with Crippen molar-refractivity contribution in [3.8, 4) is 0 Å². The molecule has 0 aliphatic rings. The first-order valence-electron chi connectivity index (χ1n) is 5.09. The summed E-state index contributed by atoms with van der Waals surface area (Å²) >= 11 is 5.73. The zero-order valence-corrected chi connectivity index (χ0v) is 11.7. The minimum Gasteiger partial charge on any atom is -0.480 e. The number of carboxylic acid groups (broad SMARTS) is 1. The van der Waals surface area contributed by atoms with Gasteiger partial charge in [-0.05, 0) is 13.3 Å². The van der Waals surface area contributed by atoms with Crippen LogP contribution in [-0.4, -0.2) is 34.8 Å². The highest BCUT2D eigenvalue weighted by atomic mass is 35.5. The number of aromatic nitrogens is 2. The van der Waals surface area contributed by atoms with Gasteiger partial charge < -0.3 is 5.11 Å². The van der Waals surface area contributed by atoms with Crippen LogP contribution in [0.4, 0.5) is 0 Å². The molecule has 102 valence electrons. The molecule has 1 heterocycles. The summed E-state index contributed by atoms with van der Waals surface area (Å²) < 4.78 is 27.4. The molecule has 0 spiro atoms. The highest BCUT2D eigenvalue weighted by molar-refractivity contribution is 7.89. The molecule has 0 saturated carbocycles. The minimum absolute atomic E-state index is 0.0613. The fourth-order valence-electron chi connectivity index (χ4n) is 1.31. The number of halogens is 1. The van der Waals surface area contributed by atoms with E-state index in [1.165, 1.54) is 20.2 Å². The Morgan fingerprint density at radius 2 is 2.22 bits per heavy atom. The first kappa shape index (κ1) is 14.9. The summed E-state index contributed by atoms with van der Waals surface area (Å²) in [4.78, 5) is 11.1. The zero-order chi connectivity index (χ0) is 14.1. The van der Waals surface area contributed by atoms with Gasteiger partial charge in [0.25, 0.3) is 10.0 Å². The quantitative estimate of drug-likeness (QED) is 0.828. The summed E-state index contributed by atoms with van der Waals surface area (Å²) in [6.45, 7) is 2.86. The molecule has 1 rings (SSSR count). The number of hydrogen-bond donors (Lipinski definition) is 2. The molecule has 0 bridgehead atoms. The molecule has 0 fully saturated rings. The van der Waals surface area contributed by atoms with Gasteiger partial charge in [0, 0.05) is 7.05 Å². The Hall–Kier alpha value is -1.12. The number of aryl methyl sites for hydroxylation is 1. The molecule has 0 saturated heterocycles. The number of aliphatic carboxylic acids is 1. The smallest absolute Gasteiger partial charge is 0.324 e.